The average Bonchev–Trinajstić information content (AvgIpc) is 3.12. The Morgan fingerprint density at radius 2 is 1.90 bits per heavy atom. The number of carbonyl (C=O) groups excluding carboxylic acids is 2. The van der Waals surface area contributed by atoms with Crippen molar-refractivity contribution in [1.29, 1.82) is 0 Å². The summed E-state index contributed by atoms with van der Waals surface area (Å²) in [5.74, 6) is -0.0580. The van der Waals surface area contributed by atoms with Crippen molar-refractivity contribution in [2.45, 2.75) is 25.0 Å². The van der Waals surface area contributed by atoms with Crippen LogP contribution in [0.2, 0.25) is 0 Å². The van der Waals surface area contributed by atoms with E-state index in [1.165, 1.54) is 0 Å². The van der Waals surface area contributed by atoms with Gasteiger partial charge in [-0.1, -0.05) is 48.5 Å². The summed E-state index contributed by atoms with van der Waals surface area (Å²) in [6, 6.07) is 16.3. The Balaban J connectivity index is 1.77. The first kappa shape index (κ1) is 20.8. The van der Waals surface area contributed by atoms with Crippen LogP contribution in [0.25, 0.3) is 0 Å². The standard InChI is InChI=1S/C22H28N4O3/c1-25(21(28)13-17-9-5-6-10-19(17)24-22(23)29)20(16-7-3-2-4-8-16)15-26-12-11-18(27)14-26/h2-10,18,20,27H,11-15H2,1H3,(H3,23,24,29). The van der Waals surface area contributed by atoms with E-state index in [-0.39, 0.29) is 24.5 Å². The monoisotopic (exact) mass is 396 g/mol. The quantitative estimate of drug-likeness (QED) is 0.666. The molecule has 2 atom stereocenters. The van der Waals surface area contributed by atoms with Crippen LogP contribution in [0.15, 0.2) is 54.6 Å². The van der Waals surface area contributed by atoms with Gasteiger partial charge in [-0.25, -0.2) is 4.79 Å². The van der Waals surface area contributed by atoms with Crippen LogP contribution >= 0.6 is 0 Å². The zero-order chi connectivity index (χ0) is 20.8. The van der Waals surface area contributed by atoms with E-state index in [1.54, 1.807) is 24.1 Å². The molecular weight excluding hydrogens is 368 g/mol. The Kier molecular flexibility index (Phi) is 6.85. The molecule has 1 aliphatic rings. The number of rotatable bonds is 7. The number of benzene rings is 2. The molecule has 3 rings (SSSR count). The second kappa shape index (κ2) is 9.54. The zero-order valence-corrected chi connectivity index (χ0v) is 16.6. The smallest absolute Gasteiger partial charge is 0.316 e. The van der Waals surface area contributed by atoms with Crippen LogP contribution in [-0.2, 0) is 11.2 Å². The van der Waals surface area contributed by atoms with Crippen LogP contribution in [-0.4, -0.2) is 59.6 Å². The van der Waals surface area contributed by atoms with Gasteiger partial charge < -0.3 is 21.1 Å². The highest BCUT2D eigenvalue weighted by Gasteiger charge is 2.28. The summed E-state index contributed by atoms with van der Waals surface area (Å²) in [4.78, 5) is 28.3. The fourth-order valence-electron chi connectivity index (χ4n) is 3.74. The Labute approximate surface area is 171 Å². The lowest BCUT2D eigenvalue weighted by Crippen LogP contribution is -2.39. The lowest BCUT2D eigenvalue weighted by Gasteiger charge is -2.32. The number of hydrogen-bond donors (Lipinski definition) is 3. The number of nitrogens with one attached hydrogen (secondary N) is 1. The second-order valence-electron chi connectivity index (χ2n) is 7.46. The number of urea groups is 1. The summed E-state index contributed by atoms with van der Waals surface area (Å²) in [7, 11) is 1.80. The van der Waals surface area contributed by atoms with Crippen LogP contribution < -0.4 is 11.1 Å². The number of β-amino-alcohol motifs (C(OH)–C–C–N with tert-alkyl or cyclic N) is 1. The minimum absolute atomic E-state index is 0.0580. The summed E-state index contributed by atoms with van der Waals surface area (Å²) < 4.78 is 0. The van der Waals surface area contributed by atoms with Gasteiger partial charge >= 0.3 is 6.03 Å². The maximum atomic E-state index is 13.1. The fraction of sp³-hybridized carbons (Fsp3) is 0.364. The van der Waals surface area contributed by atoms with Gasteiger partial charge in [0, 0.05) is 32.4 Å². The van der Waals surface area contributed by atoms with Crippen LogP contribution in [0.4, 0.5) is 10.5 Å². The molecule has 0 radical (unpaired) electrons. The molecule has 0 aliphatic carbocycles. The molecular formula is C22H28N4O3. The van der Waals surface area contributed by atoms with Gasteiger partial charge in [-0.15, -0.1) is 0 Å². The number of carbonyl (C=O) groups is 2. The van der Waals surface area contributed by atoms with E-state index >= 15 is 0 Å². The Hall–Kier alpha value is -2.90. The van der Waals surface area contributed by atoms with E-state index in [0.29, 0.717) is 24.3 Å². The van der Waals surface area contributed by atoms with Crippen molar-refractivity contribution < 1.29 is 14.7 Å². The highest BCUT2D eigenvalue weighted by Crippen LogP contribution is 2.25. The largest absolute Gasteiger partial charge is 0.392 e. The minimum Gasteiger partial charge on any atom is -0.392 e. The molecule has 154 valence electrons. The molecule has 2 aromatic carbocycles. The lowest BCUT2D eigenvalue weighted by atomic mass is 10.0. The Morgan fingerprint density at radius 1 is 1.21 bits per heavy atom. The molecule has 0 bridgehead atoms. The van der Waals surface area contributed by atoms with Crippen molar-refractivity contribution in [2.75, 3.05) is 32.0 Å². The minimum atomic E-state index is -0.659. The summed E-state index contributed by atoms with van der Waals surface area (Å²) in [6.45, 7) is 2.10. The highest BCUT2D eigenvalue weighted by molar-refractivity contribution is 5.90. The molecule has 1 fully saturated rings. The Morgan fingerprint density at radius 3 is 2.55 bits per heavy atom. The van der Waals surface area contributed by atoms with Crippen molar-refractivity contribution in [2.24, 2.45) is 5.73 Å². The molecule has 7 heteroatoms. The second-order valence-corrected chi connectivity index (χ2v) is 7.46. The lowest BCUT2D eigenvalue weighted by molar-refractivity contribution is -0.131. The van der Waals surface area contributed by atoms with E-state index in [4.69, 9.17) is 5.73 Å². The van der Waals surface area contributed by atoms with Gasteiger partial charge in [0.25, 0.3) is 0 Å². The SMILES string of the molecule is CN(C(=O)Cc1ccccc1NC(N)=O)C(CN1CCC(O)C1)c1ccccc1. The van der Waals surface area contributed by atoms with E-state index in [9.17, 15) is 14.7 Å². The van der Waals surface area contributed by atoms with Crippen molar-refractivity contribution in [3.8, 4) is 0 Å². The first-order valence-corrected chi connectivity index (χ1v) is 9.79. The number of para-hydroxylation sites is 1. The molecule has 0 aromatic heterocycles. The molecule has 29 heavy (non-hydrogen) atoms. The highest BCUT2D eigenvalue weighted by atomic mass is 16.3. The molecule has 3 amide bonds. The summed E-state index contributed by atoms with van der Waals surface area (Å²) in [5.41, 5.74) is 7.55. The van der Waals surface area contributed by atoms with Crippen molar-refractivity contribution >= 4 is 17.6 Å². The number of hydrogen-bond acceptors (Lipinski definition) is 4. The molecule has 0 spiro atoms. The number of primary amides is 1. The number of likely N-dealkylation sites (N-methyl/N-ethyl adjacent to an activating group) is 1. The number of nitrogens with zero attached hydrogens (tertiary/aromatic N) is 2. The number of anilines is 1. The first-order valence-electron chi connectivity index (χ1n) is 9.79. The molecule has 0 saturated carbocycles. The van der Waals surface area contributed by atoms with Gasteiger partial charge in [0.2, 0.25) is 5.91 Å². The topological polar surface area (TPSA) is 98.9 Å². The number of aliphatic hydroxyl groups excluding tert-OH is 1. The maximum absolute atomic E-state index is 13.1. The van der Waals surface area contributed by atoms with Gasteiger partial charge in [-0.3, -0.25) is 9.69 Å². The molecule has 1 aliphatic heterocycles. The molecule has 1 heterocycles. The van der Waals surface area contributed by atoms with Crippen LogP contribution in [0, 0.1) is 0 Å². The molecule has 2 unspecified atom stereocenters. The maximum Gasteiger partial charge on any atom is 0.316 e. The van der Waals surface area contributed by atoms with Crippen molar-refractivity contribution in [1.82, 2.24) is 9.80 Å². The number of aliphatic hydroxyl groups is 1. The first-order chi connectivity index (χ1) is 13.9. The van der Waals surface area contributed by atoms with Gasteiger partial charge in [-0.05, 0) is 23.6 Å². The third-order valence-corrected chi connectivity index (χ3v) is 5.34. The van der Waals surface area contributed by atoms with E-state index < -0.39 is 6.03 Å². The molecule has 7 nitrogen and oxygen atoms in total. The summed E-state index contributed by atoms with van der Waals surface area (Å²) in [5, 5.41) is 12.4. The van der Waals surface area contributed by atoms with E-state index in [2.05, 4.69) is 10.2 Å². The average molecular weight is 396 g/mol. The Bertz CT molecular complexity index is 843. The molecule has 2 aromatic rings. The predicted molar refractivity (Wildman–Crippen MR) is 112 cm³/mol. The van der Waals surface area contributed by atoms with Gasteiger partial charge in [0.15, 0.2) is 0 Å². The normalized spacial score (nSPS) is 17.7. The number of nitrogens with two attached hydrogens (primary N) is 1. The molecule has 1 saturated heterocycles. The van der Waals surface area contributed by atoms with Crippen LogP contribution in [0.3, 0.4) is 0 Å². The third-order valence-electron chi connectivity index (χ3n) is 5.34. The number of likely N-dealkylation sites (tertiary alicyclic amines) is 1. The van der Waals surface area contributed by atoms with E-state index in [0.717, 1.165) is 18.5 Å². The number of amides is 3. The van der Waals surface area contributed by atoms with E-state index in [1.807, 2.05) is 42.5 Å². The summed E-state index contributed by atoms with van der Waals surface area (Å²) >= 11 is 0. The van der Waals surface area contributed by atoms with Crippen LogP contribution in [0.5, 0.6) is 0 Å². The van der Waals surface area contributed by atoms with Crippen molar-refractivity contribution in [3.63, 3.8) is 0 Å². The van der Waals surface area contributed by atoms with Gasteiger partial charge in [0.1, 0.15) is 0 Å². The third kappa shape index (κ3) is 5.56. The van der Waals surface area contributed by atoms with Gasteiger partial charge in [0.05, 0.1) is 18.6 Å². The fourth-order valence-corrected chi connectivity index (χ4v) is 3.74. The predicted octanol–water partition coefficient (Wildman–Crippen LogP) is 1.99. The van der Waals surface area contributed by atoms with Crippen LogP contribution in [0.1, 0.15) is 23.6 Å². The summed E-state index contributed by atoms with van der Waals surface area (Å²) in [6.07, 6.45) is 0.601. The van der Waals surface area contributed by atoms with Gasteiger partial charge in [-0.2, -0.15) is 0 Å². The van der Waals surface area contributed by atoms with Crippen molar-refractivity contribution in [3.05, 3.63) is 65.7 Å². The molecule has 4 N–H and O–H groups in total. The zero-order valence-electron chi connectivity index (χ0n) is 16.6.